The molecule has 0 unspecified atom stereocenters. The van der Waals surface area contributed by atoms with Gasteiger partial charge in [-0.3, -0.25) is 4.79 Å². The Labute approximate surface area is 192 Å². The average molecular weight is 448 g/mol. The lowest BCUT2D eigenvalue weighted by Crippen LogP contribution is -2.53. The number of anilines is 2. The van der Waals surface area contributed by atoms with Crippen LogP contribution < -0.4 is 20.3 Å². The van der Waals surface area contributed by atoms with Crippen LogP contribution in [-0.4, -0.2) is 31.1 Å². The number of benzene rings is 3. The van der Waals surface area contributed by atoms with Gasteiger partial charge in [0.1, 0.15) is 17.6 Å². The van der Waals surface area contributed by atoms with Crippen molar-refractivity contribution in [2.24, 2.45) is 0 Å². The van der Waals surface area contributed by atoms with Crippen LogP contribution >= 0.6 is 0 Å². The number of ether oxygens (including phenoxy) is 1. The molecule has 4 rings (SSSR count). The molecule has 0 spiro atoms. The number of carbonyl (C=O) groups excluding carboxylic acids is 2. The van der Waals surface area contributed by atoms with Crippen LogP contribution in [0.4, 0.5) is 20.6 Å². The van der Waals surface area contributed by atoms with E-state index < -0.39 is 12.1 Å². The molecule has 0 saturated carbocycles. The number of hydrogen-bond acceptors (Lipinski definition) is 3. The lowest BCUT2D eigenvalue weighted by atomic mass is 10.0. The van der Waals surface area contributed by atoms with Crippen molar-refractivity contribution in [3.8, 4) is 16.9 Å². The zero-order valence-electron chi connectivity index (χ0n) is 18.4. The quantitative estimate of drug-likeness (QED) is 0.545. The van der Waals surface area contributed by atoms with Crippen molar-refractivity contribution >= 4 is 23.3 Å². The highest BCUT2D eigenvalue weighted by molar-refractivity contribution is 6.01. The minimum absolute atomic E-state index is 0.165. The minimum atomic E-state index is -0.618. The summed E-state index contributed by atoms with van der Waals surface area (Å²) < 4.78 is 19.5. The summed E-state index contributed by atoms with van der Waals surface area (Å²) in [5.74, 6) is 0.270. The Morgan fingerprint density at radius 2 is 1.79 bits per heavy atom. The first-order valence-corrected chi connectivity index (χ1v) is 11.0. The summed E-state index contributed by atoms with van der Waals surface area (Å²) in [5.41, 5.74) is 2.59. The van der Waals surface area contributed by atoms with Crippen molar-refractivity contribution in [1.82, 2.24) is 5.32 Å². The first-order valence-electron chi connectivity index (χ1n) is 11.0. The molecule has 1 aliphatic heterocycles. The molecule has 7 heteroatoms. The summed E-state index contributed by atoms with van der Waals surface area (Å²) in [5, 5.41) is 5.53. The van der Waals surface area contributed by atoms with Crippen molar-refractivity contribution < 1.29 is 18.7 Å². The van der Waals surface area contributed by atoms with Crippen molar-refractivity contribution in [3.05, 3.63) is 78.6 Å². The van der Waals surface area contributed by atoms with Gasteiger partial charge in [0.2, 0.25) is 5.91 Å². The zero-order chi connectivity index (χ0) is 23.2. The van der Waals surface area contributed by atoms with E-state index in [1.165, 1.54) is 6.07 Å². The van der Waals surface area contributed by atoms with Crippen LogP contribution in [0, 0.1) is 5.82 Å². The predicted octanol–water partition coefficient (Wildman–Crippen LogP) is 5.21. The molecule has 2 N–H and O–H groups in total. The number of hydrogen-bond donors (Lipinski definition) is 2. The second kappa shape index (κ2) is 10.2. The van der Waals surface area contributed by atoms with Crippen LogP contribution in [0.5, 0.6) is 5.75 Å². The van der Waals surface area contributed by atoms with E-state index in [4.69, 9.17) is 4.74 Å². The van der Waals surface area contributed by atoms with Crippen molar-refractivity contribution in [2.45, 2.75) is 25.8 Å². The van der Waals surface area contributed by atoms with Crippen molar-refractivity contribution in [2.75, 3.05) is 23.4 Å². The third-order valence-electron chi connectivity index (χ3n) is 5.53. The maximum absolute atomic E-state index is 14.1. The van der Waals surface area contributed by atoms with Gasteiger partial charge in [-0.2, -0.15) is 0 Å². The molecule has 0 radical (unpaired) electrons. The molecular weight excluding hydrogens is 421 g/mol. The van der Waals surface area contributed by atoms with E-state index in [2.05, 4.69) is 10.6 Å². The number of nitrogens with zero attached hydrogens (tertiary/aromatic N) is 1. The highest BCUT2D eigenvalue weighted by Crippen LogP contribution is 2.27. The highest BCUT2D eigenvalue weighted by atomic mass is 19.1. The number of amides is 3. The van der Waals surface area contributed by atoms with E-state index in [1.807, 2.05) is 19.1 Å². The van der Waals surface area contributed by atoms with E-state index in [1.54, 1.807) is 59.5 Å². The first-order chi connectivity index (χ1) is 16.0. The Morgan fingerprint density at radius 3 is 2.48 bits per heavy atom. The SMILES string of the molecule is CCOc1ccc(NC(=O)N[C@@H]2CCCN(c3ccc(-c4ccccc4F)cc3)C2=O)cc1. The van der Waals surface area contributed by atoms with E-state index in [9.17, 15) is 14.0 Å². The lowest BCUT2D eigenvalue weighted by Gasteiger charge is -2.32. The Balaban J connectivity index is 1.39. The molecule has 3 amide bonds. The van der Waals surface area contributed by atoms with E-state index in [0.29, 0.717) is 30.8 Å². The van der Waals surface area contributed by atoms with Crippen LogP contribution in [0.25, 0.3) is 11.1 Å². The number of carbonyl (C=O) groups is 2. The normalized spacial score (nSPS) is 15.8. The Bertz CT molecular complexity index is 1120. The second-order valence-corrected chi connectivity index (χ2v) is 7.77. The molecule has 3 aromatic carbocycles. The molecule has 1 saturated heterocycles. The topological polar surface area (TPSA) is 70.7 Å². The fraction of sp³-hybridized carbons (Fsp3) is 0.231. The zero-order valence-corrected chi connectivity index (χ0v) is 18.4. The third kappa shape index (κ3) is 5.31. The molecular formula is C26H26FN3O3. The van der Waals surface area contributed by atoms with Gasteiger partial charge in [-0.15, -0.1) is 0 Å². The second-order valence-electron chi connectivity index (χ2n) is 7.77. The summed E-state index contributed by atoms with van der Waals surface area (Å²) in [6, 6.07) is 19.8. The third-order valence-corrected chi connectivity index (χ3v) is 5.53. The van der Waals surface area contributed by atoms with Crippen LogP contribution in [-0.2, 0) is 4.79 Å². The van der Waals surface area contributed by atoms with Gasteiger partial charge in [0.15, 0.2) is 0 Å². The van der Waals surface area contributed by atoms with Gasteiger partial charge in [-0.05, 0) is 67.8 Å². The average Bonchev–Trinajstić information content (AvgIpc) is 2.82. The minimum Gasteiger partial charge on any atom is -0.494 e. The first kappa shape index (κ1) is 22.3. The van der Waals surface area contributed by atoms with E-state index >= 15 is 0 Å². The molecule has 33 heavy (non-hydrogen) atoms. The molecule has 0 aliphatic carbocycles. The van der Waals surface area contributed by atoms with Gasteiger partial charge in [0, 0.05) is 23.5 Å². The highest BCUT2D eigenvalue weighted by Gasteiger charge is 2.30. The van der Waals surface area contributed by atoms with E-state index in [-0.39, 0.29) is 11.7 Å². The van der Waals surface area contributed by atoms with Gasteiger partial charge >= 0.3 is 6.03 Å². The molecule has 170 valence electrons. The molecule has 0 bridgehead atoms. The predicted molar refractivity (Wildman–Crippen MR) is 127 cm³/mol. The summed E-state index contributed by atoms with van der Waals surface area (Å²) in [7, 11) is 0. The number of rotatable bonds is 6. The summed E-state index contributed by atoms with van der Waals surface area (Å²) in [6.45, 7) is 3.04. The van der Waals surface area contributed by atoms with Crippen LogP contribution in [0.15, 0.2) is 72.8 Å². The monoisotopic (exact) mass is 447 g/mol. The fourth-order valence-corrected chi connectivity index (χ4v) is 3.91. The van der Waals surface area contributed by atoms with Gasteiger partial charge in [0.25, 0.3) is 0 Å². The van der Waals surface area contributed by atoms with Crippen molar-refractivity contribution in [3.63, 3.8) is 0 Å². The van der Waals surface area contributed by atoms with Gasteiger partial charge < -0.3 is 20.3 Å². The summed E-state index contributed by atoms with van der Waals surface area (Å²) in [4.78, 5) is 27.2. The van der Waals surface area contributed by atoms with Crippen LogP contribution in [0.2, 0.25) is 0 Å². The standard InChI is InChI=1S/C26H26FN3O3/c1-2-33-21-15-11-19(12-16-21)28-26(32)29-24-8-5-17-30(25(24)31)20-13-9-18(10-14-20)22-6-3-4-7-23(22)27/h3-4,6-7,9-16,24H,2,5,8,17H2,1H3,(H2,28,29,32)/t24-/m1/s1. The van der Waals surface area contributed by atoms with Gasteiger partial charge in [-0.25, -0.2) is 9.18 Å². The van der Waals surface area contributed by atoms with Crippen molar-refractivity contribution in [1.29, 1.82) is 0 Å². The Morgan fingerprint density at radius 1 is 1.06 bits per heavy atom. The van der Waals surface area contributed by atoms with Crippen LogP contribution in [0.1, 0.15) is 19.8 Å². The number of nitrogens with one attached hydrogen (secondary N) is 2. The molecule has 0 aromatic heterocycles. The maximum atomic E-state index is 14.1. The van der Waals surface area contributed by atoms with Gasteiger partial charge in [-0.1, -0.05) is 30.3 Å². The maximum Gasteiger partial charge on any atom is 0.319 e. The Kier molecular flexibility index (Phi) is 6.88. The molecule has 1 aliphatic rings. The lowest BCUT2D eigenvalue weighted by molar-refractivity contribution is -0.121. The fourth-order valence-electron chi connectivity index (χ4n) is 3.91. The van der Waals surface area contributed by atoms with E-state index in [0.717, 1.165) is 23.4 Å². The van der Waals surface area contributed by atoms with Crippen LogP contribution in [0.3, 0.4) is 0 Å². The largest absolute Gasteiger partial charge is 0.494 e. The molecule has 3 aromatic rings. The smallest absolute Gasteiger partial charge is 0.319 e. The molecule has 1 atom stereocenters. The molecule has 1 fully saturated rings. The summed E-state index contributed by atoms with van der Waals surface area (Å²) in [6.07, 6.45) is 1.33. The summed E-state index contributed by atoms with van der Waals surface area (Å²) >= 11 is 0. The van der Waals surface area contributed by atoms with Gasteiger partial charge in [0.05, 0.1) is 6.61 Å². The number of piperidine rings is 1. The number of urea groups is 1. The Hall–Kier alpha value is -3.87. The number of halogens is 1. The molecule has 1 heterocycles. The molecule has 6 nitrogen and oxygen atoms in total.